The van der Waals surface area contributed by atoms with Crippen molar-refractivity contribution < 1.29 is 13.2 Å². The number of pyridine rings is 1. The molecule has 0 radical (unpaired) electrons. The molecule has 2 heterocycles. The summed E-state index contributed by atoms with van der Waals surface area (Å²) in [5, 5.41) is 3.16. The summed E-state index contributed by atoms with van der Waals surface area (Å²) < 4.78 is 28.4. The van der Waals surface area contributed by atoms with Gasteiger partial charge in [0.1, 0.15) is 5.82 Å². The Morgan fingerprint density at radius 2 is 2.33 bits per heavy atom. The van der Waals surface area contributed by atoms with Crippen molar-refractivity contribution >= 4 is 15.7 Å². The van der Waals surface area contributed by atoms with Gasteiger partial charge in [0.2, 0.25) is 5.88 Å². The van der Waals surface area contributed by atoms with Crippen molar-refractivity contribution in [3.63, 3.8) is 0 Å². The highest BCUT2D eigenvalue weighted by molar-refractivity contribution is 7.91. The number of hydrogen-bond donors (Lipinski definition) is 1. The normalized spacial score (nSPS) is 22.4. The molecule has 1 saturated heterocycles. The summed E-state index contributed by atoms with van der Waals surface area (Å²) in [6.07, 6.45) is 1.57. The average Bonchev–Trinajstić information content (AvgIpc) is 2.28. The second-order valence-electron chi connectivity index (χ2n) is 4.39. The van der Waals surface area contributed by atoms with Crippen LogP contribution in [0.4, 0.5) is 5.82 Å². The molecule has 0 spiro atoms. The Morgan fingerprint density at radius 3 is 3.06 bits per heavy atom. The van der Waals surface area contributed by atoms with E-state index in [9.17, 15) is 8.42 Å². The second-order valence-corrected chi connectivity index (χ2v) is 6.62. The van der Waals surface area contributed by atoms with Crippen LogP contribution in [0.3, 0.4) is 0 Å². The van der Waals surface area contributed by atoms with Gasteiger partial charge in [0.25, 0.3) is 0 Å². The van der Waals surface area contributed by atoms with Crippen LogP contribution in [0.1, 0.15) is 19.8 Å². The highest BCUT2D eigenvalue weighted by Crippen LogP contribution is 2.18. The van der Waals surface area contributed by atoms with Crippen LogP contribution < -0.4 is 10.1 Å². The third kappa shape index (κ3) is 3.60. The molecular weight excluding hydrogens is 252 g/mol. The molecule has 5 nitrogen and oxygen atoms in total. The molecule has 1 fully saturated rings. The van der Waals surface area contributed by atoms with Crippen LogP contribution in [0.15, 0.2) is 18.2 Å². The molecule has 6 heteroatoms. The fraction of sp³-hybridized carbons (Fsp3) is 0.583. The number of rotatable bonds is 4. The first kappa shape index (κ1) is 13.1. The largest absolute Gasteiger partial charge is 0.478 e. The van der Waals surface area contributed by atoms with Crippen LogP contribution >= 0.6 is 0 Å². The molecular formula is C12H18N2O3S. The summed E-state index contributed by atoms with van der Waals surface area (Å²) in [5.41, 5.74) is 0. The molecule has 0 aliphatic carbocycles. The number of hydrogen-bond acceptors (Lipinski definition) is 5. The summed E-state index contributed by atoms with van der Waals surface area (Å²) in [6.45, 7) is 2.46. The van der Waals surface area contributed by atoms with E-state index in [0.717, 1.165) is 6.42 Å². The maximum atomic E-state index is 11.5. The van der Waals surface area contributed by atoms with Gasteiger partial charge in [-0.15, -0.1) is 0 Å². The van der Waals surface area contributed by atoms with Gasteiger partial charge in [-0.05, 0) is 25.8 Å². The van der Waals surface area contributed by atoms with Gasteiger partial charge in [0.15, 0.2) is 9.84 Å². The first-order valence-electron chi connectivity index (χ1n) is 6.16. The minimum atomic E-state index is -2.89. The van der Waals surface area contributed by atoms with Crippen LogP contribution in [-0.4, -0.2) is 37.6 Å². The SMILES string of the molecule is CCOc1cccc(NC2CCCS(=O)(=O)C2)n1. The Morgan fingerprint density at radius 1 is 1.50 bits per heavy atom. The van der Waals surface area contributed by atoms with Crippen LogP contribution in [0.25, 0.3) is 0 Å². The summed E-state index contributed by atoms with van der Waals surface area (Å²) in [4.78, 5) is 4.28. The smallest absolute Gasteiger partial charge is 0.215 e. The van der Waals surface area contributed by atoms with Gasteiger partial charge in [-0.3, -0.25) is 0 Å². The van der Waals surface area contributed by atoms with Gasteiger partial charge in [0.05, 0.1) is 18.1 Å². The zero-order valence-electron chi connectivity index (χ0n) is 10.4. The molecule has 0 aromatic carbocycles. The van der Waals surface area contributed by atoms with Gasteiger partial charge in [-0.1, -0.05) is 6.07 Å². The molecule has 18 heavy (non-hydrogen) atoms. The Bertz CT molecular complexity index is 502. The number of sulfone groups is 1. The lowest BCUT2D eigenvalue weighted by atomic mass is 10.2. The van der Waals surface area contributed by atoms with Crippen molar-refractivity contribution in [2.24, 2.45) is 0 Å². The Kier molecular flexibility index (Phi) is 4.06. The lowest BCUT2D eigenvalue weighted by molar-refractivity contribution is 0.327. The Labute approximate surface area is 107 Å². The maximum absolute atomic E-state index is 11.5. The fourth-order valence-electron chi connectivity index (χ4n) is 2.07. The van der Waals surface area contributed by atoms with Crippen molar-refractivity contribution in [2.75, 3.05) is 23.4 Å². The molecule has 1 N–H and O–H groups in total. The molecule has 1 aromatic heterocycles. The van der Waals surface area contributed by atoms with Crippen molar-refractivity contribution in [3.8, 4) is 5.88 Å². The van der Waals surface area contributed by atoms with Crippen LogP contribution in [0, 0.1) is 0 Å². The molecule has 2 rings (SSSR count). The minimum Gasteiger partial charge on any atom is -0.478 e. The lowest BCUT2D eigenvalue weighted by Gasteiger charge is -2.23. The first-order chi connectivity index (χ1) is 8.59. The number of nitrogens with zero attached hydrogens (tertiary/aromatic N) is 1. The average molecular weight is 270 g/mol. The monoisotopic (exact) mass is 270 g/mol. The van der Waals surface area contributed by atoms with E-state index in [-0.39, 0.29) is 11.8 Å². The molecule has 0 bridgehead atoms. The van der Waals surface area contributed by atoms with E-state index >= 15 is 0 Å². The summed E-state index contributed by atoms with van der Waals surface area (Å²) in [7, 11) is -2.89. The van der Waals surface area contributed by atoms with E-state index in [1.165, 1.54) is 0 Å². The number of anilines is 1. The van der Waals surface area contributed by atoms with Gasteiger partial charge in [0, 0.05) is 12.1 Å². The third-order valence-electron chi connectivity index (χ3n) is 2.83. The van der Waals surface area contributed by atoms with Gasteiger partial charge in [-0.2, -0.15) is 4.98 Å². The standard InChI is InChI=1S/C12H18N2O3S/c1-2-17-12-7-3-6-11(14-12)13-10-5-4-8-18(15,16)9-10/h3,6-7,10H,2,4-5,8-9H2,1H3,(H,13,14). The van der Waals surface area contributed by atoms with Crippen molar-refractivity contribution in [3.05, 3.63) is 18.2 Å². The molecule has 100 valence electrons. The van der Waals surface area contributed by atoms with Crippen molar-refractivity contribution in [1.82, 2.24) is 4.98 Å². The predicted molar refractivity (Wildman–Crippen MR) is 70.7 cm³/mol. The minimum absolute atomic E-state index is 0.0480. The summed E-state index contributed by atoms with van der Waals surface area (Å²) >= 11 is 0. The Balaban J connectivity index is 2.02. The van der Waals surface area contributed by atoms with Crippen molar-refractivity contribution in [2.45, 2.75) is 25.8 Å². The maximum Gasteiger partial charge on any atom is 0.215 e. The second kappa shape index (κ2) is 5.56. The van der Waals surface area contributed by atoms with Crippen LogP contribution in [0.5, 0.6) is 5.88 Å². The van der Waals surface area contributed by atoms with Crippen LogP contribution in [-0.2, 0) is 9.84 Å². The zero-order chi connectivity index (χ0) is 13.0. The van der Waals surface area contributed by atoms with Gasteiger partial charge < -0.3 is 10.1 Å². The van der Waals surface area contributed by atoms with Crippen LogP contribution in [0.2, 0.25) is 0 Å². The van der Waals surface area contributed by atoms with E-state index in [1.807, 2.05) is 19.1 Å². The summed E-state index contributed by atoms with van der Waals surface area (Å²) in [6, 6.07) is 5.40. The molecule has 1 aliphatic rings. The van der Waals surface area contributed by atoms with E-state index in [1.54, 1.807) is 6.07 Å². The van der Waals surface area contributed by atoms with E-state index in [4.69, 9.17) is 4.74 Å². The van der Waals surface area contributed by atoms with E-state index < -0.39 is 9.84 Å². The zero-order valence-corrected chi connectivity index (χ0v) is 11.2. The number of nitrogens with one attached hydrogen (secondary N) is 1. The topological polar surface area (TPSA) is 68.3 Å². The van der Waals surface area contributed by atoms with Gasteiger partial charge in [-0.25, -0.2) is 8.42 Å². The quantitative estimate of drug-likeness (QED) is 0.897. The highest BCUT2D eigenvalue weighted by Gasteiger charge is 2.24. The molecule has 0 amide bonds. The van der Waals surface area contributed by atoms with Crippen molar-refractivity contribution in [1.29, 1.82) is 0 Å². The molecule has 1 aliphatic heterocycles. The number of ether oxygens (including phenoxy) is 1. The van der Waals surface area contributed by atoms with E-state index in [2.05, 4.69) is 10.3 Å². The Hall–Kier alpha value is -1.30. The fourth-order valence-corrected chi connectivity index (χ4v) is 3.71. The lowest BCUT2D eigenvalue weighted by Crippen LogP contribution is -2.35. The van der Waals surface area contributed by atoms with E-state index in [0.29, 0.717) is 30.5 Å². The first-order valence-corrected chi connectivity index (χ1v) is 7.98. The van der Waals surface area contributed by atoms with Gasteiger partial charge >= 0.3 is 0 Å². The number of aromatic nitrogens is 1. The third-order valence-corrected chi connectivity index (χ3v) is 4.65. The molecule has 0 saturated carbocycles. The molecule has 1 unspecified atom stereocenters. The molecule has 1 aromatic rings. The summed E-state index contributed by atoms with van der Waals surface area (Å²) in [5.74, 6) is 1.72. The highest BCUT2D eigenvalue weighted by atomic mass is 32.2. The molecule has 1 atom stereocenters. The predicted octanol–water partition coefficient (Wildman–Crippen LogP) is 1.47.